The fraction of sp³-hybridized carbons (Fsp3) is 0.316. The fourth-order valence-corrected chi connectivity index (χ4v) is 4.25. The number of rotatable bonds is 7. The predicted octanol–water partition coefficient (Wildman–Crippen LogP) is 3.22. The molecule has 0 radical (unpaired) electrons. The molecule has 0 N–H and O–H groups in total. The van der Waals surface area contributed by atoms with E-state index >= 15 is 0 Å². The third-order valence-electron chi connectivity index (χ3n) is 4.00. The molecule has 0 aromatic heterocycles. The van der Waals surface area contributed by atoms with Crippen LogP contribution >= 0.6 is 11.8 Å². The topological polar surface area (TPSA) is 57.7 Å². The van der Waals surface area contributed by atoms with Crippen LogP contribution in [-0.4, -0.2) is 45.0 Å². The van der Waals surface area contributed by atoms with Crippen molar-refractivity contribution in [3.8, 4) is 0 Å². The van der Waals surface area contributed by atoms with Crippen LogP contribution in [0, 0.1) is 0 Å². The molecular formula is C19H24N2O3S2. The minimum absolute atomic E-state index is 0.0123. The predicted molar refractivity (Wildman–Crippen MR) is 108 cm³/mol. The van der Waals surface area contributed by atoms with Crippen molar-refractivity contribution >= 4 is 33.4 Å². The van der Waals surface area contributed by atoms with Gasteiger partial charge in [-0.05, 0) is 36.8 Å². The second-order valence-corrected chi connectivity index (χ2v) is 9.60. The number of nitrogens with zero attached hydrogens (tertiary/aromatic N) is 2. The first kappa shape index (κ1) is 20.5. The molecule has 26 heavy (non-hydrogen) atoms. The Hall–Kier alpha value is -1.83. The van der Waals surface area contributed by atoms with Crippen LogP contribution in [0.1, 0.15) is 12.5 Å². The van der Waals surface area contributed by atoms with Gasteiger partial charge in [-0.3, -0.25) is 4.79 Å². The number of hydrogen-bond donors (Lipinski definition) is 0. The molecule has 0 bridgehead atoms. The largest absolute Gasteiger partial charge is 0.315 e. The minimum Gasteiger partial charge on any atom is -0.315 e. The lowest BCUT2D eigenvalue weighted by Gasteiger charge is -2.21. The molecule has 0 heterocycles. The van der Waals surface area contributed by atoms with E-state index in [2.05, 4.69) is 0 Å². The number of amides is 1. The number of sulfonamides is 1. The first-order valence-electron chi connectivity index (χ1n) is 8.19. The van der Waals surface area contributed by atoms with Gasteiger partial charge in [0.25, 0.3) is 0 Å². The lowest BCUT2D eigenvalue weighted by molar-refractivity contribution is -0.117. The second-order valence-electron chi connectivity index (χ2n) is 6.12. The third kappa shape index (κ3) is 4.87. The van der Waals surface area contributed by atoms with E-state index in [0.29, 0.717) is 5.75 Å². The Morgan fingerprint density at radius 3 is 2.31 bits per heavy atom. The summed E-state index contributed by atoms with van der Waals surface area (Å²) in [7, 11) is 1.33. The Morgan fingerprint density at radius 1 is 1.04 bits per heavy atom. The van der Waals surface area contributed by atoms with Crippen LogP contribution < -0.4 is 4.90 Å². The van der Waals surface area contributed by atoms with Crippen molar-refractivity contribution in [3.63, 3.8) is 0 Å². The molecule has 1 atom stereocenters. The summed E-state index contributed by atoms with van der Waals surface area (Å²) in [6.07, 6.45) is 0. The van der Waals surface area contributed by atoms with Crippen molar-refractivity contribution in [2.75, 3.05) is 26.0 Å². The SMILES string of the molecule is C[C@H](SCc1cccc(S(=O)(=O)N(C)C)c1)C(=O)N(C)c1ccccc1. The molecule has 2 rings (SSSR count). The Morgan fingerprint density at radius 2 is 1.69 bits per heavy atom. The number of carbonyl (C=O) groups is 1. The van der Waals surface area contributed by atoms with Gasteiger partial charge in [-0.1, -0.05) is 30.3 Å². The molecule has 0 aliphatic heterocycles. The van der Waals surface area contributed by atoms with E-state index in [0.717, 1.165) is 11.3 Å². The normalized spacial score (nSPS) is 12.8. The van der Waals surface area contributed by atoms with Crippen molar-refractivity contribution in [1.29, 1.82) is 0 Å². The zero-order chi connectivity index (χ0) is 19.3. The summed E-state index contributed by atoms with van der Waals surface area (Å²) < 4.78 is 25.7. The number of carbonyl (C=O) groups excluding carboxylic acids is 1. The van der Waals surface area contributed by atoms with Gasteiger partial charge in [0.2, 0.25) is 15.9 Å². The van der Waals surface area contributed by atoms with Crippen molar-refractivity contribution in [1.82, 2.24) is 4.31 Å². The number of benzene rings is 2. The highest BCUT2D eigenvalue weighted by Crippen LogP contribution is 2.23. The van der Waals surface area contributed by atoms with Crippen LogP contribution in [0.15, 0.2) is 59.5 Å². The van der Waals surface area contributed by atoms with Crippen molar-refractivity contribution < 1.29 is 13.2 Å². The number of thioether (sulfide) groups is 1. The lowest BCUT2D eigenvalue weighted by atomic mass is 10.2. The molecule has 0 spiro atoms. The van der Waals surface area contributed by atoms with Crippen LogP contribution in [0.2, 0.25) is 0 Å². The molecule has 1 amide bonds. The van der Waals surface area contributed by atoms with Crippen LogP contribution in [0.4, 0.5) is 5.69 Å². The standard InChI is InChI=1S/C19H24N2O3S2/c1-15(19(22)21(4)17-10-6-5-7-11-17)25-14-16-9-8-12-18(13-16)26(23,24)20(2)3/h5-13,15H,14H2,1-4H3/t15-/m0/s1. The molecule has 0 aliphatic carbocycles. The summed E-state index contributed by atoms with van der Waals surface area (Å²) in [5, 5.41) is -0.241. The van der Waals surface area contributed by atoms with Crippen LogP contribution in [0.25, 0.3) is 0 Å². The van der Waals surface area contributed by atoms with Crippen LogP contribution in [0.3, 0.4) is 0 Å². The van der Waals surface area contributed by atoms with Gasteiger partial charge in [-0.2, -0.15) is 0 Å². The summed E-state index contributed by atoms with van der Waals surface area (Å²) >= 11 is 1.49. The molecular weight excluding hydrogens is 368 g/mol. The van der Waals surface area contributed by atoms with Gasteiger partial charge >= 0.3 is 0 Å². The van der Waals surface area contributed by atoms with Crippen molar-refractivity contribution in [2.45, 2.75) is 22.8 Å². The van der Waals surface area contributed by atoms with Gasteiger partial charge in [0, 0.05) is 32.6 Å². The van der Waals surface area contributed by atoms with Crippen molar-refractivity contribution in [3.05, 3.63) is 60.2 Å². The monoisotopic (exact) mass is 392 g/mol. The Kier molecular flexibility index (Phi) is 6.86. The van der Waals surface area contributed by atoms with E-state index < -0.39 is 10.0 Å². The number of hydrogen-bond acceptors (Lipinski definition) is 4. The molecule has 7 heteroatoms. The molecule has 5 nitrogen and oxygen atoms in total. The summed E-state index contributed by atoms with van der Waals surface area (Å²) in [5.74, 6) is 0.574. The van der Waals surface area contributed by atoms with Crippen LogP contribution in [0.5, 0.6) is 0 Å². The summed E-state index contributed by atoms with van der Waals surface area (Å²) in [4.78, 5) is 14.5. The minimum atomic E-state index is -3.45. The number of para-hydroxylation sites is 1. The Balaban J connectivity index is 2.03. The second kappa shape index (κ2) is 8.70. The van der Waals surface area contributed by atoms with E-state index in [1.54, 1.807) is 30.1 Å². The Labute approximate surface area is 160 Å². The first-order valence-corrected chi connectivity index (χ1v) is 10.7. The van der Waals surface area contributed by atoms with Gasteiger partial charge in [0.15, 0.2) is 0 Å². The first-order chi connectivity index (χ1) is 12.2. The molecule has 140 valence electrons. The Bertz CT molecular complexity index is 852. The zero-order valence-electron chi connectivity index (χ0n) is 15.4. The summed E-state index contributed by atoms with van der Waals surface area (Å²) in [6, 6.07) is 16.3. The zero-order valence-corrected chi connectivity index (χ0v) is 17.0. The highest BCUT2D eigenvalue weighted by atomic mass is 32.2. The number of anilines is 1. The highest BCUT2D eigenvalue weighted by Gasteiger charge is 2.20. The average molecular weight is 393 g/mol. The quantitative estimate of drug-likeness (QED) is 0.726. The van der Waals surface area contributed by atoms with Crippen molar-refractivity contribution in [2.24, 2.45) is 0 Å². The van der Waals surface area contributed by atoms with Gasteiger partial charge in [0.1, 0.15) is 0 Å². The molecule has 0 saturated carbocycles. The van der Waals surface area contributed by atoms with Gasteiger partial charge in [-0.15, -0.1) is 11.8 Å². The maximum absolute atomic E-state index is 12.6. The van der Waals surface area contributed by atoms with E-state index in [1.165, 1.54) is 30.2 Å². The maximum Gasteiger partial charge on any atom is 0.242 e. The van der Waals surface area contributed by atoms with E-state index in [1.807, 2.05) is 43.3 Å². The maximum atomic E-state index is 12.6. The van der Waals surface area contributed by atoms with E-state index in [-0.39, 0.29) is 16.1 Å². The van der Waals surface area contributed by atoms with Crippen LogP contribution in [-0.2, 0) is 20.6 Å². The fourth-order valence-electron chi connectivity index (χ4n) is 2.35. The van der Waals surface area contributed by atoms with Gasteiger partial charge in [-0.25, -0.2) is 12.7 Å². The molecule has 2 aromatic rings. The average Bonchev–Trinajstić information content (AvgIpc) is 2.65. The molecule has 0 fully saturated rings. The molecule has 2 aromatic carbocycles. The molecule has 0 unspecified atom stereocenters. The van der Waals surface area contributed by atoms with E-state index in [9.17, 15) is 13.2 Å². The summed E-state index contributed by atoms with van der Waals surface area (Å²) in [6.45, 7) is 1.87. The molecule has 0 saturated heterocycles. The van der Waals surface area contributed by atoms with E-state index in [4.69, 9.17) is 0 Å². The lowest BCUT2D eigenvalue weighted by Crippen LogP contribution is -2.33. The highest BCUT2D eigenvalue weighted by molar-refractivity contribution is 7.99. The van der Waals surface area contributed by atoms with Gasteiger partial charge < -0.3 is 4.90 Å². The molecule has 0 aliphatic rings. The smallest absolute Gasteiger partial charge is 0.242 e. The third-order valence-corrected chi connectivity index (χ3v) is 7.01. The van der Waals surface area contributed by atoms with Gasteiger partial charge in [0.05, 0.1) is 10.1 Å². The summed E-state index contributed by atoms with van der Waals surface area (Å²) in [5.41, 5.74) is 1.73.